The highest BCUT2D eigenvalue weighted by molar-refractivity contribution is 14.0. The third kappa shape index (κ3) is 8.18. The first kappa shape index (κ1) is 23.1. The number of ether oxygens (including phenoxy) is 1. The van der Waals surface area contributed by atoms with Crippen LogP contribution < -0.4 is 10.6 Å². The monoisotopic (exact) mass is 475 g/mol. The molecular formula is C19H34IN5O. The van der Waals surface area contributed by atoms with Gasteiger partial charge in [0.25, 0.3) is 0 Å². The normalized spacial score (nSPS) is 16.8. The lowest BCUT2D eigenvalue weighted by Gasteiger charge is -2.36. The molecule has 148 valence electrons. The van der Waals surface area contributed by atoms with Gasteiger partial charge in [0.1, 0.15) is 0 Å². The van der Waals surface area contributed by atoms with Crippen LogP contribution in [0, 0.1) is 5.92 Å². The lowest BCUT2D eigenvalue weighted by Crippen LogP contribution is -2.48. The Balaban J connectivity index is 0.00000338. The summed E-state index contributed by atoms with van der Waals surface area (Å²) in [4.78, 5) is 11.7. The number of guanidine groups is 1. The Kier molecular flexibility index (Phi) is 11.8. The molecule has 7 heteroatoms. The SMILES string of the molecule is CCNC(=NCC(C(C)C)N1CCOCC1)NCCc1ccccn1.I. The molecule has 0 spiro atoms. The van der Waals surface area contributed by atoms with E-state index in [4.69, 9.17) is 9.73 Å². The molecule has 1 fully saturated rings. The molecule has 0 saturated carbocycles. The highest BCUT2D eigenvalue weighted by atomic mass is 127. The first-order chi connectivity index (χ1) is 12.2. The first-order valence-corrected chi connectivity index (χ1v) is 9.44. The van der Waals surface area contributed by atoms with Gasteiger partial charge in [-0.2, -0.15) is 0 Å². The quantitative estimate of drug-likeness (QED) is 0.343. The van der Waals surface area contributed by atoms with Gasteiger partial charge in [-0.1, -0.05) is 19.9 Å². The molecule has 1 unspecified atom stereocenters. The van der Waals surface area contributed by atoms with E-state index in [1.165, 1.54) is 0 Å². The average molecular weight is 475 g/mol. The van der Waals surface area contributed by atoms with Crippen LogP contribution in [0.15, 0.2) is 29.4 Å². The molecule has 1 aromatic heterocycles. The fourth-order valence-electron chi connectivity index (χ4n) is 3.04. The van der Waals surface area contributed by atoms with E-state index in [2.05, 4.69) is 47.4 Å². The van der Waals surface area contributed by atoms with Crippen molar-refractivity contribution >= 4 is 29.9 Å². The van der Waals surface area contributed by atoms with Crippen LogP contribution in [-0.4, -0.2) is 67.8 Å². The summed E-state index contributed by atoms with van der Waals surface area (Å²) in [5.41, 5.74) is 1.10. The van der Waals surface area contributed by atoms with Gasteiger partial charge >= 0.3 is 0 Å². The summed E-state index contributed by atoms with van der Waals surface area (Å²) in [5, 5.41) is 6.76. The molecule has 0 aliphatic carbocycles. The zero-order valence-electron chi connectivity index (χ0n) is 16.3. The highest BCUT2D eigenvalue weighted by Gasteiger charge is 2.23. The summed E-state index contributed by atoms with van der Waals surface area (Å²) in [6.07, 6.45) is 2.73. The van der Waals surface area contributed by atoms with Crippen molar-refractivity contribution < 1.29 is 4.74 Å². The number of halogens is 1. The van der Waals surface area contributed by atoms with Gasteiger partial charge in [0, 0.05) is 50.5 Å². The van der Waals surface area contributed by atoms with Crippen LogP contribution in [0.25, 0.3) is 0 Å². The van der Waals surface area contributed by atoms with Crippen molar-refractivity contribution in [1.82, 2.24) is 20.5 Å². The summed E-state index contributed by atoms with van der Waals surface area (Å²) in [6, 6.07) is 6.48. The van der Waals surface area contributed by atoms with Crippen molar-refractivity contribution in [2.24, 2.45) is 10.9 Å². The molecule has 26 heavy (non-hydrogen) atoms. The highest BCUT2D eigenvalue weighted by Crippen LogP contribution is 2.13. The molecule has 2 rings (SSSR count). The molecule has 1 saturated heterocycles. The van der Waals surface area contributed by atoms with Crippen LogP contribution in [-0.2, 0) is 11.2 Å². The Labute approximate surface area is 175 Å². The largest absolute Gasteiger partial charge is 0.379 e. The van der Waals surface area contributed by atoms with Crippen LogP contribution in [0.1, 0.15) is 26.5 Å². The van der Waals surface area contributed by atoms with E-state index >= 15 is 0 Å². The van der Waals surface area contributed by atoms with Crippen LogP contribution in [0.2, 0.25) is 0 Å². The van der Waals surface area contributed by atoms with Crippen molar-refractivity contribution in [3.05, 3.63) is 30.1 Å². The van der Waals surface area contributed by atoms with Gasteiger partial charge in [0.2, 0.25) is 0 Å². The number of aliphatic imine (C=N–C) groups is 1. The topological polar surface area (TPSA) is 61.8 Å². The first-order valence-electron chi connectivity index (χ1n) is 9.44. The van der Waals surface area contributed by atoms with Crippen molar-refractivity contribution in [2.45, 2.75) is 33.2 Å². The van der Waals surface area contributed by atoms with Gasteiger partial charge in [-0.05, 0) is 25.0 Å². The molecule has 2 heterocycles. The molecule has 0 bridgehead atoms. The Morgan fingerprint density at radius 2 is 2.04 bits per heavy atom. The minimum absolute atomic E-state index is 0. The molecule has 1 aliphatic heterocycles. The molecular weight excluding hydrogens is 441 g/mol. The van der Waals surface area contributed by atoms with Crippen molar-refractivity contribution in [2.75, 3.05) is 45.9 Å². The summed E-state index contributed by atoms with van der Waals surface area (Å²) < 4.78 is 5.48. The van der Waals surface area contributed by atoms with Crippen LogP contribution in [0.4, 0.5) is 0 Å². The van der Waals surface area contributed by atoms with Gasteiger partial charge in [-0.3, -0.25) is 14.9 Å². The van der Waals surface area contributed by atoms with E-state index in [0.717, 1.165) is 64.0 Å². The molecule has 1 aromatic rings. The number of aromatic nitrogens is 1. The summed E-state index contributed by atoms with van der Waals surface area (Å²) in [6.45, 7) is 12.8. The zero-order valence-corrected chi connectivity index (χ0v) is 18.6. The summed E-state index contributed by atoms with van der Waals surface area (Å²) >= 11 is 0. The average Bonchev–Trinajstić information content (AvgIpc) is 2.63. The van der Waals surface area contributed by atoms with E-state index < -0.39 is 0 Å². The number of hydrogen-bond acceptors (Lipinski definition) is 4. The number of pyridine rings is 1. The molecule has 1 atom stereocenters. The fraction of sp³-hybridized carbons (Fsp3) is 0.684. The number of nitrogens with zero attached hydrogens (tertiary/aromatic N) is 3. The number of hydrogen-bond donors (Lipinski definition) is 2. The number of rotatable bonds is 8. The lowest BCUT2D eigenvalue weighted by atomic mass is 10.0. The van der Waals surface area contributed by atoms with Gasteiger partial charge in [0.05, 0.1) is 19.8 Å². The Morgan fingerprint density at radius 3 is 2.65 bits per heavy atom. The molecule has 6 nitrogen and oxygen atoms in total. The van der Waals surface area contributed by atoms with E-state index in [1.807, 2.05) is 18.3 Å². The maximum atomic E-state index is 5.48. The third-order valence-electron chi connectivity index (χ3n) is 4.46. The minimum atomic E-state index is 0. The number of morpholine rings is 1. The predicted octanol–water partition coefficient (Wildman–Crippen LogP) is 2.15. The van der Waals surface area contributed by atoms with Gasteiger partial charge in [-0.25, -0.2) is 0 Å². The van der Waals surface area contributed by atoms with E-state index in [0.29, 0.717) is 12.0 Å². The smallest absolute Gasteiger partial charge is 0.191 e. The maximum absolute atomic E-state index is 5.48. The Hall–Kier alpha value is -0.930. The molecule has 0 radical (unpaired) electrons. The van der Waals surface area contributed by atoms with Crippen LogP contribution >= 0.6 is 24.0 Å². The second-order valence-corrected chi connectivity index (χ2v) is 6.68. The van der Waals surface area contributed by atoms with Gasteiger partial charge in [-0.15, -0.1) is 24.0 Å². The van der Waals surface area contributed by atoms with E-state index in [-0.39, 0.29) is 24.0 Å². The third-order valence-corrected chi connectivity index (χ3v) is 4.46. The molecule has 0 amide bonds. The zero-order chi connectivity index (χ0) is 17.9. The number of nitrogens with one attached hydrogen (secondary N) is 2. The minimum Gasteiger partial charge on any atom is -0.379 e. The molecule has 2 N–H and O–H groups in total. The second-order valence-electron chi connectivity index (χ2n) is 6.68. The van der Waals surface area contributed by atoms with E-state index in [9.17, 15) is 0 Å². The van der Waals surface area contributed by atoms with Gasteiger partial charge in [0.15, 0.2) is 5.96 Å². The summed E-state index contributed by atoms with van der Waals surface area (Å²) in [7, 11) is 0. The fourth-order valence-corrected chi connectivity index (χ4v) is 3.04. The van der Waals surface area contributed by atoms with Crippen molar-refractivity contribution in [3.63, 3.8) is 0 Å². The van der Waals surface area contributed by atoms with Crippen molar-refractivity contribution in [3.8, 4) is 0 Å². The van der Waals surface area contributed by atoms with Gasteiger partial charge < -0.3 is 15.4 Å². The Morgan fingerprint density at radius 1 is 1.27 bits per heavy atom. The molecule has 0 aromatic carbocycles. The lowest BCUT2D eigenvalue weighted by molar-refractivity contribution is 0.00867. The maximum Gasteiger partial charge on any atom is 0.191 e. The summed E-state index contributed by atoms with van der Waals surface area (Å²) in [5.74, 6) is 1.45. The van der Waals surface area contributed by atoms with E-state index in [1.54, 1.807) is 0 Å². The standard InChI is InChI=1S/C19H33N5O.HI/c1-4-20-19(22-10-8-17-7-5-6-9-21-17)23-15-18(16(2)3)24-11-13-25-14-12-24;/h5-7,9,16,18H,4,8,10-15H2,1-3H3,(H2,20,22,23);1H. The van der Waals surface area contributed by atoms with Crippen LogP contribution in [0.3, 0.4) is 0 Å². The Bertz CT molecular complexity index is 506. The van der Waals surface area contributed by atoms with Crippen molar-refractivity contribution in [1.29, 1.82) is 0 Å². The van der Waals surface area contributed by atoms with Crippen LogP contribution in [0.5, 0.6) is 0 Å². The molecule has 1 aliphatic rings. The predicted molar refractivity (Wildman–Crippen MR) is 118 cm³/mol. The second kappa shape index (κ2) is 13.3.